The van der Waals surface area contributed by atoms with E-state index in [-0.39, 0.29) is 12.8 Å². The Morgan fingerprint density at radius 3 is 2.29 bits per heavy atom. The van der Waals surface area contributed by atoms with Crippen molar-refractivity contribution in [3.8, 4) is 0 Å². The summed E-state index contributed by atoms with van der Waals surface area (Å²) in [6.07, 6.45) is -2.58. The fourth-order valence-corrected chi connectivity index (χ4v) is 1.80. The Bertz CT molecular complexity index is 466. The van der Waals surface area contributed by atoms with Crippen LogP contribution in [-0.4, -0.2) is 12.1 Å². The van der Waals surface area contributed by atoms with Crippen molar-refractivity contribution in [1.29, 1.82) is 0 Å². The summed E-state index contributed by atoms with van der Waals surface area (Å²) in [5.74, 6) is -1.99. The van der Waals surface area contributed by atoms with Gasteiger partial charge in [-0.05, 0) is 18.1 Å². The van der Waals surface area contributed by atoms with Crippen molar-refractivity contribution in [2.75, 3.05) is 0 Å². The Morgan fingerprint density at radius 1 is 1.19 bits per heavy atom. The molecule has 21 heavy (non-hydrogen) atoms. The molecule has 0 aliphatic heterocycles. The Hall–Kier alpha value is -1.78. The lowest BCUT2D eigenvalue weighted by molar-refractivity contribution is -0.161. The summed E-state index contributed by atoms with van der Waals surface area (Å²) in [5.41, 5.74) is 0.646. The second-order valence-corrected chi connectivity index (χ2v) is 4.62. The van der Waals surface area contributed by atoms with Gasteiger partial charge >= 0.3 is 12.1 Å². The van der Waals surface area contributed by atoms with Crippen LogP contribution >= 0.6 is 0 Å². The molecule has 5 heteroatoms. The van der Waals surface area contributed by atoms with Crippen molar-refractivity contribution in [3.63, 3.8) is 0 Å². The second-order valence-electron chi connectivity index (χ2n) is 4.62. The highest BCUT2D eigenvalue weighted by Gasteiger charge is 2.36. The van der Waals surface area contributed by atoms with E-state index in [9.17, 15) is 18.0 Å². The molecule has 0 spiro atoms. The van der Waals surface area contributed by atoms with Crippen LogP contribution in [0.5, 0.6) is 0 Å². The van der Waals surface area contributed by atoms with Crippen molar-refractivity contribution in [2.24, 2.45) is 5.92 Å². The van der Waals surface area contributed by atoms with Gasteiger partial charge in [-0.15, -0.1) is 0 Å². The second kappa shape index (κ2) is 7.86. The minimum Gasteiger partial charge on any atom is -0.453 e. The SMILES string of the molecule is CCC(=O)O[C@@H](C=C[C@H](CC)C(F)(F)F)c1ccccc1. The molecular weight excluding hydrogens is 281 g/mol. The molecule has 0 fully saturated rings. The number of carbonyl (C=O) groups is 1. The number of halogens is 3. The first-order valence-corrected chi connectivity index (χ1v) is 6.87. The standard InChI is InChI=1S/C16H19F3O2/c1-3-13(16(17,18)19)10-11-14(21-15(20)4-2)12-8-6-5-7-9-12/h5-11,13-14H,3-4H2,1-2H3/t13-,14-/m0/s1. The molecule has 116 valence electrons. The molecule has 1 rings (SSSR count). The Balaban J connectivity index is 2.94. The predicted octanol–water partition coefficient (Wildman–Crippen LogP) is 4.83. The molecule has 0 aliphatic rings. The van der Waals surface area contributed by atoms with Crippen molar-refractivity contribution in [1.82, 2.24) is 0 Å². The number of esters is 1. The van der Waals surface area contributed by atoms with Crippen LogP contribution < -0.4 is 0 Å². The smallest absolute Gasteiger partial charge is 0.395 e. The van der Waals surface area contributed by atoms with Gasteiger partial charge in [0.25, 0.3) is 0 Å². The van der Waals surface area contributed by atoms with Gasteiger partial charge in [0.1, 0.15) is 6.10 Å². The molecule has 0 saturated heterocycles. The normalized spacial score (nSPS) is 14.9. The summed E-state index contributed by atoms with van der Waals surface area (Å²) in [6, 6.07) is 8.71. The largest absolute Gasteiger partial charge is 0.453 e. The molecule has 0 amide bonds. The predicted molar refractivity (Wildman–Crippen MR) is 74.5 cm³/mol. The zero-order chi connectivity index (χ0) is 15.9. The van der Waals surface area contributed by atoms with Gasteiger partial charge in [-0.1, -0.05) is 50.3 Å². The summed E-state index contributed by atoms with van der Waals surface area (Å²) in [5, 5.41) is 0. The molecule has 0 aliphatic carbocycles. The number of allylic oxidation sites excluding steroid dienone is 1. The molecule has 0 heterocycles. The van der Waals surface area contributed by atoms with E-state index in [2.05, 4.69) is 0 Å². The molecule has 2 nitrogen and oxygen atoms in total. The minimum atomic E-state index is -4.29. The van der Waals surface area contributed by atoms with Gasteiger partial charge in [0.15, 0.2) is 0 Å². The minimum absolute atomic E-state index is 0.0523. The number of carbonyl (C=O) groups excluding carboxylic acids is 1. The number of hydrogen-bond acceptors (Lipinski definition) is 2. The van der Waals surface area contributed by atoms with Crippen LogP contribution in [0.1, 0.15) is 38.4 Å². The quantitative estimate of drug-likeness (QED) is 0.556. The zero-order valence-corrected chi connectivity index (χ0v) is 12.1. The van der Waals surface area contributed by atoms with Crippen LogP contribution in [0.4, 0.5) is 13.2 Å². The highest BCUT2D eigenvalue weighted by molar-refractivity contribution is 5.69. The Kier molecular flexibility index (Phi) is 6.46. The first-order chi connectivity index (χ1) is 9.88. The fourth-order valence-electron chi connectivity index (χ4n) is 1.80. The summed E-state index contributed by atoms with van der Waals surface area (Å²) >= 11 is 0. The molecule has 0 radical (unpaired) electrons. The van der Waals surface area contributed by atoms with Crippen molar-refractivity contribution in [2.45, 2.75) is 39.0 Å². The van der Waals surface area contributed by atoms with E-state index >= 15 is 0 Å². The van der Waals surface area contributed by atoms with Crippen LogP contribution in [0.2, 0.25) is 0 Å². The highest BCUT2D eigenvalue weighted by atomic mass is 19.4. The first kappa shape index (κ1) is 17.3. The van der Waals surface area contributed by atoms with E-state index in [0.29, 0.717) is 5.56 Å². The van der Waals surface area contributed by atoms with Gasteiger partial charge in [0.05, 0.1) is 5.92 Å². The van der Waals surface area contributed by atoms with Crippen LogP contribution in [0.25, 0.3) is 0 Å². The lowest BCUT2D eigenvalue weighted by atomic mass is 10.0. The molecule has 0 N–H and O–H groups in total. The van der Waals surface area contributed by atoms with E-state index in [0.717, 1.165) is 6.08 Å². The molecule has 0 saturated carbocycles. The Morgan fingerprint density at radius 2 is 1.81 bits per heavy atom. The number of rotatable bonds is 6. The van der Waals surface area contributed by atoms with Gasteiger partial charge in [-0.2, -0.15) is 13.2 Å². The average molecular weight is 300 g/mol. The Labute approximate surface area is 122 Å². The molecule has 0 aromatic heterocycles. The molecule has 0 bridgehead atoms. The number of hydrogen-bond donors (Lipinski definition) is 0. The van der Waals surface area contributed by atoms with Crippen LogP contribution in [0.3, 0.4) is 0 Å². The third-order valence-electron chi connectivity index (χ3n) is 3.05. The van der Waals surface area contributed by atoms with E-state index < -0.39 is 24.2 Å². The van der Waals surface area contributed by atoms with E-state index in [1.165, 1.54) is 13.0 Å². The third kappa shape index (κ3) is 5.61. The first-order valence-electron chi connectivity index (χ1n) is 6.87. The molecular formula is C16H19F3O2. The molecule has 1 aromatic rings. The van der Waals surface area contributed by atoms with Crippen LogP contribution in [0.15, 0.2) is 42.5 Å². The van der Waals surface area contributed by atoms with Gasteiger partial charge in [-0.25, -0.2) is 0 Å². The van der Waals surface area contributed by atoms with Crippen LogP contribution in [0, 0.1) is 5.92 Å². The summed E-state index contributed by atoms with van der Waals surface area (Å²) in [7, 11) is 0. The summed E-state index contributed by atoms with van der Waals surface area (Å²) in [6.45, 7) is 3.11. The van der Waals surface area contributed by atoms with E-state index in [1.807, 2.05) is 0 Å². The maximum atomic E-state index is 12.7. The molecule has 0 unspecified atom stereocenters. The third-order valence-corrected chi connectivity index (χ3v) is 3.05. The number of ether oxygens (including phenoxy) is 1. The highest BCUT2D eigenvalue weighted by Crippen LogP contribution is 2.31. The monoisotopic (exact) mass is 300 g/mol. The van der Waals surface area contributed by atoms with Crippen molar-refractivity contribution < 1.29 is 22.7 Å². The van der Waals surface area contributed by atoms with Gasteiger partial charge < -0.3 is 4.74 Å². The lowest BCUT2D eigenvalue weighted by Gasteiger charge is -2.17. The van der Waals surface area contributed by atoms with Gasteiger partial charge in [-0.3, -0.25) is 4.79 Å². The zero-order valence-electron chi connectivity index (χ0n) is 12.1. The van der Waals surface area contributed by atoms with Gasteiger partial charge in [0, 0.05) is 6.42 Å². The van der Waals surface area contributed by atoms with E-state index in [4.69, 9.17) is 4.74 Å². The molecule has 1 aromatic carbocycles. The maximum absolute atomic E-state index is 12.7. The lowest BCUT2D eigenvalue weighted by Crippen LogP contribution is -2.20. The maximum Gasteiger partial charge on any atom is 0.395 e. The van der Waals surface area contributed by atoms with Crippen molar-refractivity contribution in [3.05, 3.63) is 48.0 Å². The van der Waals surface area contributed by atoms with Crippen molar-refractivity contribution >= 4 is 5.97 Å². The molecule has 2 atom stereocenters. The van der Waals surface area contributed by atoms with Gasteiger partial charge in [0.2, 0.25) is 0 Å². The van der Waals surface area contributed by atoms with E-state index in [1.54, 1.807) is 37.3 Å². The fraction of sp³-hybridized carbons (Fsp3) is 0.438. The van der Waals surface area contributed by atoms with Crippen LogP contribution in [-0.2, 0) is 9.53 Å². The number of alkyl halides is 3. The topological polar surface area (TPSA) is 26.3 Å². The summed E-state index contributed by atoms with van der Waals surface area (Å²) < 4.78 is 43.4. The summed E-state index contributed by atoms with van der Waals surface area (Å²) in [4.78, 5) is 11.4. The number of benzene rings is 1. The average Bonchev–Trinajstić information content (AvgIpc) is 2.46.